The molecule has 0 unspecified atom stereocenters. The lowest BCUT2D eigenvalue weighted by Gasteiger charge is -2.12. The normalized spacial score (nSPS) is 15.5. The van der Waals surface area contributed by atoms with Crippen molar-refractivity contribution in [3.8, 4) is 0 Å². The molecule has 0 amide bonds. The Morgan fingerprint density at radius 3 is 2.47 bits per heavy atom. The molecule has 0 aliphatic heterocycles. The van der Waals surface area contributed by atoms with Gasteiger partial charge in [0.25, 0.3) is 0 Å². The smallest absolute Gasteiger partial charge is 0.0591 e. The summed E-state index contributed by atoms with van der Waals surface area (Å²) in [4.78, 5) is 0. The maximum atomic E-state index is 5.57. The average molecular weight is 233 g/mol. The van der Waals surface area contributed by atoms with Crippen LogP contribution in [0.25, 0.3) is 0 Å². The van der Waals surface area contributed by atoms with Crippen LogP contribution >= 0.6 is 0 Å². The number of ether oxygens (including phenoxy) is 1. The lowest BCUT2D eigenvalue weighted by molar-refractivity contribution is 0.110. The first-order valence-electron chi connectivity index (χ1n) is 6.63. The van der Waals surface area contributed by atoms with Crippen molar-refractivity contribution >= 4 is 0 Å². The molecule has 0 radical (unpaired) electrons. The Morgan fingerprint density at radius 1 is 1.24 bits per heavy atom. The standard InChI is InChI=1S/C15H23NO/c1-12(2)11-17-8-7-16-15-9-13-5-3-4-6-14(13)10-15/h3-6,12,15-16H,7-11H2,1-2H3. The molecule has 0 bridgehead atoms. The Kier molecular flexibility index (Phi) is 4.57. The lowest BCUT2D eigenvalue weighted by atomic mass is 10.1. The molecule has 0 fully saturated rings. The summed E-state index contributed by atoms with van der Waals surface area (Å²) in [5.74, 6) is 0.630. The summed E-state index contributed by atoms with van der Waals surface area (Å²) in [6.45, 7) is 7.02. The largest absolute Gasteiger partial charge is 0.380 e. The van der Waals surface area contributed by atoms with Crippen LogP contribution in [0.4, 0.5) is 0 Å². The predicted octanol–water partition coefficient (Wildman–Crippen LogP) is 2.42. The minimum atomic E-state index is 0.607. The van der Waals surface area contributed by atoms with Crippen molar-refractivity contribution in [3.63, 3.8) is 0 Å². The van der Waals surface area contributed by atoms with E-state index in [1.807, 2.05) is 0 Å². The van der Waals surface area contributed by atoms with Gasteiger partial charge in [0.2, 0.25) is 0 Å². The molecular formula is C15H23NO. The van der Waals surface area contributed by atoms with Gasteiger partial charge < -0.3 is 10.1 Å². The maximum Gasteiger partial charge on any atom is 0.0591 e. The molecule has 2 heteroatoms. The zero-order valence-electron chi connectivity index (χ0n) is 10.9. The molecule has 0 saturated heterocycles. The van der Waals surface area contributed by atoms with Gasteiger partial charge in [0, 0.05) is 19.2 Å². The van der Waals surface area contributed by atoms with Gasteiger partial charge >= 0.3 is 0 Å². The highest BCUT2D eigenvalue weighted by molar-refractivity contribution is 5.33. The Labute approximate surface area is 104 Å². The first-order chi connectivity index (χ1) is 8.25. The zero-order chi connectivity index (χ0) is 12.1. The van der Waals surface area contributed by atoms with E-state index in [9.17, 15) is 0 Å². The van der Waals surface area contributed by atoms with Gasteiger partial charge in [-0.1, -0.05) is 38.1 Å². The second-order valence-corrected chi connectivity index (χ2v) is 5.30. The predicted molar refractivity (Wildman–Crippen MR) is 71.3 cm³/mol. The zero-order valence-corrected chi connectivity index (χ0v) is 10.9. The van der Waals surface area contributed by atoms with Crippen molar-refractivity contribution in [2.24, 2.45) is 5.92 Å². The minimum absolute atomic E-state index is 0.607. The summed E-state index contributed by atoms with van der Waals surface area (Å²) in [7, 11) is 0. The molecule has 0 heterocycles. The molecule has 1 N–H and O–H groups in total. The van der Waals surface area contributed by atoms with Crippen LogP contribution in [0, 0.1) is 5.92 Å². The molecule has 0 aromatic heterocycles. The average Bonchev–Trinajstić information content (AvgIpc) is 2.70. The summed E-state index contributed by atoms with van der Waals surface area (Å²) in [5.41, 5.74) is 3.01. The highest BCUT2D eigenvalue weighted by Crippen LogP contribution is 2.21. The summed E-state index contributed by atoms with van der Waals surface area (Å²) in [6.07, 6.45) is 2.33. The molecule has 1 aliphatic rings. The van der Waals surface area contributed by atoms with Gasteiger partial charge in [-0.2, -0.15) is 0 Å². The number of benzene rings is 1. The third kappa shape index (κ3) is 3.83. The molecule has 0 saturated carbocycles. The van der Waals surface area contributed by atoms with E-state index >= 15 is 0 Å². The second kappa shape index (κ2) is 6.18. The first-order valence-corrected chi connectivity index (χ1v) is 6.63. The van der Waals surface area contributed by atoms with Crippen LogP contribution in [0.3, 0.4) is 0 Å². The highest BCUT2D eigenvalue weighted by atomic mass is 16.5. The molecule has 0 spiro atoms. The second-order valence-electron chi connectivity index (χ2n) is 5.30. The van der Waals surface area contributed by atoms with Gasteiger partial charge in [0.15, 0.2) is 0 Å². The molecule has 2 nitrogen and oxygen atoms in total. The van der Waals surface area contributed by atoms with Crippen LogP contribution in [0.15, 0.2) is 24.3 Å². The third-order valence-electron chi connectivity index (χ3n) is 3.18. The number of fused-ring (bicyclic) bond motifs is 1. The van der Waals surface area contributed by atoms with E-state index in [0.29, 0.717) is 12.0 Å². The molecule has 1 aliphatic carbocycles. The molecule has 0 atom stereocenters. The fourth-order valence-electron chi connectivity index (χ4n) is 2.36. The fourth-order valence-corrected chi connectivity index (χ4v) is 2.36. The molecule has 1 aromatic carbocycles. The van der Waals surface area contributed by atoms with E-state index < -0.39 is 0 Å². The van der Waals surface area contributed by atoms with Gasteiger partial charge in [-0.25, -0.2) is 0 Å². The van der Waals surface area contributed by atoms with Crippen LogP contribution < -0.4 is 5.32 Å². The number of hydrogen-bond acceptors (Lipinski definition) is 2. The van der Waals surface area contributed by atoms with Crippen molar-refractivity contribution in [3.05, 3.63) is 35.4 Å². The topological polar surface area (TPSA) is 21.3 Å². The van der Waals surface area contributed by atoms with Crippen molar-refractivity contribution in [1.29, 1.82) is 0 Å². The van der Waals surface area contributed by atoms with Crippen molar-refractivity contribution in [2.75, 3.05) is 19.8 Å². The van der Waals surface area contributed by atoms with Gasteiger partial charge in [0.1, 0.15) is 0 Å². The Morgan fingerprint density at radius 2 is 1.88 bits per heavy atom. The monoisotopic (exact) mass is 233 g/mol. The van der Waals surface area contributed by atoms with Gasteiger partial charge in [-0.3, -0.25) is 0 Å². The van der Waals surface area contributed by atoms with E-state index in [1.165, 1.54) is 24.0 Å². The molecular weight excluding hydrogens is 210 g/mol. The SMILES string of the molecule is CC(C)COCCNC1Cc2ccccc2C1. The van der Waals surface area contributed by atoms with E-state index in [0.717, 1.165) is 19.8 Å². The minimum Gasteiger partial charge on any atom is -0.380 e. The summed E-state index contributed by atoms with van der Waals surface area (Å²) in [5, 5.41) is 3.58. The van der Waals surface area contributed by atoms with Crippen LogP contribution in [0.5, 0.6) is 0 Å². The number of rotatable bonds is 6. The van der Waals surface area contributed by atoms with Crippen LogP contribution in [-0.4, -0.2) is 25.8 Å². The van der Waals surface area contributed by atoms with E-state index in [2.05, 4.69) is 43.4 Å². The van der Waals surface area contributed by atoms with Gasteiger partial charge in [-0.05, 0) is 29.9 Å². The van der Waals surface area contributed by atoms with E-state index in [1.54, 1.807) is 0 Å². The van der Waals surface area contributed by atoms with Crippen molar-refractivity contribution in [2.45, 2.75) is 32.7 Å². The maximum absolute atomic E-state index is 5.57. The van der Waals surface area contributed by atoms with Crippen molar-refractivity contribution in [1.82, 2.24) is 5.32 Å². The molecule has 94 valence electrons. The number of hydrogen-bond donors (Lipinski definition) is 1. The number of nitrogens with one attached hydrogen (secondary N) is 1. The third-order valence-corrected chi connectivity index (χ3v) is 3.18. The molecule has 17 heavy (non-hydrogen) atoms. The van der Waals surface area contributed by atoms with Crippen LogP contribution in [-0.2, 0) is 17.6 Å². The lowest BCUT2D eigenvalue weighted by Crippen LogP contribution is -2.32. The van der Waals surface area contributed by atoms with E-state index in [-0.39, 0.29) is 0 Å². The summed E-state index contributed by atoms with van der Waals surface area (Å²) < 4.78 is 5.57. The van der Waals surface area contributed by atoms with Gasteiger partial charge in [-0.15, -0.1) is 0 Å². The Hall–Kier alpha value is -0.860. The van der Waals surface area contributed by atoms with Crippen LogP contribution in [0.1, 0.15) is 25.0 Å². The summed E-state index contributed by atoms with van der Waals surface area (Å²) >= 11 is 0. The molecule has 1 aromatic rings. The highest BCUT2D eigenvalue weighted by Gasteiger charge is 2.19. The van der Waals surface area contributed by atoms with Crippen molar-refractivity contribution < 1.29 is 4.74 Å². The Bertz CT molecular complexity index is 324. The summed E-state index contributed by atoms with van der Waals surface area (Å²) in [6, 6.07) is 9.36. The Balaban J connectivity index is 1.63. The molecule has 2 rings (SSSR count). The van der Waals surface area contributed by atoms with Gasteiger partial charge in [0.05, 0.1) is 6.61 Å². The first kappa shape index (κ1) is 12.6. The van der Waals surface area contributed by atoms with Crippen LogP contribution in [0.2, 0.25) is 0 Å². The van der Waals surface area contributed by atoms with E-state index in [4.69, 9.17) is 4.74 Å². The quantitative estimate of drug-likeness (QED) is 0.762. The fraction of sp³-hybridized carbons (Fsp3) is 0.600.